The standard InChI is InChI=1S/C28H24N2O4/c1-33-28-14-13-25(34-19-22-6-4-5-15-29-22)16-20(28)9-11-23(31)17-24(32)12-10-21-18-30-27-8-3-2-7-26(21)27/h2-16,18,30H,17,19H2,1H3/b11-9+,12-10+. The lowest BCUT2D eigenvalue weighted by atomic mass is 10.1. The van der Waals surface area contributed by atoms with E-state index in [9.17, 15) is 9.59 Å². The van der Waals surface area contributed by atoms with E-state index in [4.69, 9.17) is 9.47 Å². The molecule has 6 nitrogen and oxygen atoms in total. The van der Waals surface area contributed by atoms with Crippen LogP contribution < -0.4 is 9.47 Å². The number of para-hydroxylation sites is 1. The molecule has 0 unspecified atom stereocenters. The number of carbonyl (C=O) groups is 2. The Bertz CT molecular complexity index is 1350. The zero-order chi connectivity index (χ0) is 23.8. The van der Waals surface area contributed by atoms with Gasteiger partial charge in [-0.3, -0.25) is 14.6 Å². The lowest BCUT2D eigenvalue weighted by Gasteiger charge is -2.09. The Kier molecular flexibility index (Phi) is 7.30. The van der Waals surface area contributed by atoms with Crippen LogP contribution in [-0.4, -0.2) is 28.6 Å². The molecule has 4 rings (SSSR count). The summed E-state index contributed by atoms with van der Waals surface area (Å²) in [5.41, 5.74) is 3.38. The first kappa shape index (κ1) is 22.7. The molecule has 0 radical (unpaired) electrons. The third-order valence-corrected chi connectivity index (χ3v) is 5.18. The van der Waals surface area contributed by atoms with E-state index in [1.54, 1.807) is 43.7 Å². The molecule has 0 aliphatic heterocycles. The molecule has 0 aliphatic carbocycles. The quantitative estimate of drug-likeness (QED) is 0.257. The van der Waals surface area contributed by atoms with E-state index in [-0.39, 0.29) is 18.0 Å². The van der Waals surface area contributed by atoms with E-state index in [0.717, 1.165) is 22.2 Å². The number of methoxy groups -OCH3 is 1. The number of H-pyrrole nitrogens is 1. The number of rotatable bonds is 10. The number of nitrogens with zero attached hydrogens (tertiary/aromatic N) is 1. The van der Waals surface area contributed by atoms with Crippen LogP contribution in [0.5, 0.6) is 11.5 Å². The molecule has 0 aliphatic rings. The van der Waals surface area contributed by atoms with Crippen LogP contribution in [0.25, 0.3) is 23.1 Å². The Morgan fingerprint density at radius 2 is 1.71 bits per heavy atom. The van der Waals surface area contributed by atoms with Gasteiger partial charge in [0.15, 0.2) is 11.6 Å². The number of ketones is 2. The zero-order valence-electron chi connectivity index (χ0n) is 18.7. The van der Waals surface area contributed by atoms with Crippen molar-refractivity contribution >= 4 is 34.6 Å². The van der Waals surface area contributed by atoms with Gasteiger partial charge in [-0.1, -0.05) is 24.3 Å². The second kappa shape index (κ2) is 10.9. The van der Waals surface area contributed by atoms with Crippen LogP contribution in [0.1, 0.15) is 23.2 Å². The molecule has 2 aromatic heterocycles. The van der Waals surface area contributed by atoms with Crippen LogP contribution in [-0.2, 0) is 16.2 Å². The average molecular weight is 453 g/mol. The molecule has 2 aromatic carbocycles. The number of aromatic nitrogens is 2. The fraction of sp³-hybridized carbons (Fsp3) is 0.107. The summed E-state index contributed by atoms with van der Waals surface area (Å²) in [6.07, 6.45) is 9.52. The first-order chi connectivity index (χ1) is 16.6. The lowest BCUT2D eigenvalue weighted by Crippen LogP contribution is -2.02. The maximum atomic E-state index is 12.4. The van der Waals surface area contributed by atoms with Crippen molar-refractivity contribution in [1.29, 1.82) is 0 Å². The van der Waals surface area contributed by atoms with Gasteiger partial charge in [-0.2, -0.15) is 0 Å². The van der Waals surface area contributed by atoms with Gasteiger partial charge in [0.2, 0.25) is 0 Å². The van der Waals surface area contributed by atoms with Gasteiger partial charge in [-0.15, -0.1) is 0 Å². The number of hydrogen-bond donors (Lipinski definition) is 1. The maximum Gasteiger partial charge on any atom is 0.163 e. The number of carbonyl (C=O) groups excluding carboxylic acids is 2. The summed E-state index contributed by atoms with van der Waals surface area (Å²) >= 11 is 0. The van der Waals surface area contributed by atoms with Crippen LogP contribution >= 0.6 is 0 Å². The highest BCUT2D eigenvalue weighted by atomic mass is 16.5. The smallest absolute Gasteiger partial charge is 0.163 e. The van der Waals surface area contributed by atoms with Crippen LogP contribution in [0.2, 0.25) is 0 Å². The van der Waals surface area contributed by atoms with Gasteiger partial charge in [-0.25, -0.2) is 0 Å². The second-order valence-corrected chi connectivity index (χ2v) is 7.58. The molecule has 34 heavy (non-hydrogen) atoms. The minimum Gasteiger partial charge on any atom is -0.496 e. The highest BCUT2D eigenvalue weighted by molar-refractivity contribution is 6.11. The number of pyridine rings is 1. The second-order valence-electron chi connectivity index (χ2n) is 7.58. The molecule has 170 valence electrons. The molecule has 0 spiro atoms. The molecule has 0 saturated heterocycles. The molecule has 0 bridgehead atoms. The van der Waals surface area contributed by atoms with Crippen molar-refractivity contribution in [2.24, 2.45) is 0 Å². The van der Waals surface area contributed by atoms with E-state index in [1.807, 2.05) is 48.7 Å². The van der Waals surface area contributed by atoms with Gasteiger partial charge >= 0.3 is 0 Å². The maximum absolute atomic E-state index is 12.4. The molecular formula is C28H24N2O4. The molecule has 2 heterocycles. The molecule has 4 aromatic rings. The van der Waals surface area contributed by atoms with E-state index >= 15 is 0 Å². The van der Waals surface area contributed by atoms with Gasteiger partial charge in [0.05, 0.1) is 19.2 Å². The zero-order valence-corrected chi connectivity index (χ0v) is 18.7. The van der Waals surface area contributed by atoms with Crippen LogP contribution in [0, 0.1) is 0 Å². The SMILES string of the molecule is COc1ccc(OCc2ccccn2)cc1/C=C/C(=O)CC(=O)/C=C/c1c[nH]c2ccccc12. The predicted octanol–water partition coefficient (Wildman–Crippen LogP) is 5.41. The molecule has 0 amide bonds. The van der Waals surface area contributed by atoms with Crippen molar-refractivity contribution in [2.45, 2.75) is 13.0 Å². The summed E-state index contributed by atoms with van der Waals surface area (Å²) in [4.78, 5) is 32.1. The first-order valence-corrected chi connectivity index (χ1v) is 10.8. The predicted molar refractivity (Wildman–Crippen MR) is 133 cm³/mol. The van der Waals surface area contributed by atoms with Crippen LogP contribution in [0.3, 0.4) is 0 Å². The van der Waals surface area contributed by atoms with Crippen LogP contribution in [0.15, 0.2) is 85.2 Å². The summed E-state index contributed by atoms with van der Waals surface area (Å²) in [6.45, 7) is 0.326. The Morgan fingerprint density at radius 1 is 0.941 bits per heavy atom. The molecular weight excluding hydrogens is 428 g/mol. The van der Waals surface area contributed by atoms with Gasteiger partial charge in [0.1, 0.15) is 18.1 Å². The average Bonchev–Trinajstić information content (AvgIpc) is 3.29. The number of benzene rings is 2. The largest absolute Gasteiger partial charge is 0.496 e. The number of aromatic amines is 1. The van der Waals surface area contributed by atoms with E-state index in [0.29, 0.717) is 23.7 Å². The Labute approximate surface area is 197 Å². The Hall–Kier alpha value is -4.45. The van der Waals surface area contributed by atoms with Gasteiger partial charge in [0, 0.05) is 28.9 Å². The molecule has 1 N–H and O–H groups in total. The van der Waals surface area contributed by atoms with Crippen molar-refractivity contribution in [1.82, 2.24) is 9.97 Å². The van der Waals surface area contributed by atoms with Crippen molar-refractivity contribution in [2.75, 3.05) is 7.11 Å². The van der Waals surface area contributed by atoms with Gasteiger partial charge in [0.25, 0.3) is 0 Å². The Morgan fingerprint density at radius 3 is 2.47 bits per heavy atom. The molecule has 0 atom stereocenters. The highest BCUT2D eigenvalue weighted by Crippen LogP contribution is 2.26. The molecule has 0 fully saturated rings. The molecule has 6 heteroatoms. The Balaban J connectivity index is 1.37. The third-order valence-electron chi connectivity index (χ3n) is 5.18. The fourth-order valence-corrected chi connectivity index (χ4v) is 3.46. The first-order valence-electron chi connectivity index (χ1n) is 10.8. The number of ether oxygens (including phenoxy) is 2. The number of allylic oxidation sites excluding steroid dienone is 2. The fourth-order valence-electron chi connectivity index (χ4n) is 3.46. The molecule has 0 saturated carbocycles. The lowest BCUT2D eigenvalue weighted by molar-refractivity contribution is -0.121. The van der Waals surface area contributed by atoms with Crippen LogP contribution in [0.4, 0.5) is 0 Å². The van der Waals surface area contributed by atoms with Crippen molar-refractivity contribution in [3.8, 4) is 11.5 Å². The summed E-state index contributed by atoms with van der Waals surface area (Å²) in [5, 5.41) is 1.02. The topological polar surface area (TPSA) is 81.3 Å². The highest BCUT2D eigenvalue weighted by Gasteiger charge is 2.07. The van der Waals surface area contributed by atoms with Crippen molar-refractivity contribution in [3.05, 3.63) is 102 Å². The number of fused-ring (bicyclic) bond motifs is 1. The summed E-state index contributed by atoms with van der Waals surface area (Å²) in [7, 11) is 1.56. The normalized spacial score (nSPS) is 11.3. The minimum atomic E-state index is -0.296. The monoisotopic (exact) mass is 452 g/mol. The van der Waals surface area contributed by atoms with E-state index in [2.05, 4.69) is 9.97 Å². The minimum absolute atomic E-state index is 0.215. The van der Waals surface area contributed by atoms with E-state index in [1.165, 1.54) is 12.2 Å². The summed E-state index contributed by atoms with van der Waals surface area (Å²) in [6, 6.07) is 18.8. The summed E-state index contributed by atoms with van der Waals surface area (Å²) < 4.78 is 11.2. The van der Waals surface area contributed by atoms with Gasteiger partial charge in [-0.05, 0) is 66.3 Å². The number of nitrogens with one attached hydrogen (secondary N) is 1. The third kappa shape index (κ3) is 5.86. The van der Waals surface area contributed by atoms with Crippen molar-refractivity contribution < 1.29 is 19.1 Å². The number of hydrogen-bond acceptors (Lipinski definition) is 5. The summed E-state index contributed by atoms with van der Waals surface area (Å²) in [5.74, 6) is 0.658. The van der Waals surface area contributed by atoms with E-state index < -0.39 is 0 Å². The van der Waals surface area contributed by atoms with Crippen molar-refractivity contribution in [3.63, 3.8) is 0 Å². The van der Waals surface area contributed by atoms with Gasteiger partial charge < -0.3 is 14.5 Å².